The van der Waals surface area contributed by atoms with Gasteiger partial charge >= 0.3 is 11.6 Å². The Labute approximate surface area is 198 Å². The van der Waals surface area contributed by atoms with Crippen LogP contribution < -0.4 is 21.4 Å². The molecule has 34 heavy (non-hydrogen) atoms. The lowest BCUT2D eigenvalue weighted by molar-refractivity contribution is -0.198. The van der Waals surface area contributed by atoms with E-state index >= 15 is 0 Å². The van der Waals surface area contributed by atoms with E-state index in [-0.39, 0.29) is 11.9 Å². The van der Waals surface area contributed by atoms with Crippen LogP contribution >= 0.6 is 0 Å². The van der Waals surface area contributed by atoms with Gasteiger partial charge in [0.25, 0.3) is 0 Å². The van der Waals surface area contributed by atoms with E-state index in [9.17, 15) is 9.59 Å². The Morgan fingerprint density at radius 1 is 1.32 bits per heavy atom. The van der Waals surface area contributed by atoms with E-state index in [1.807, 2.05) is 26.0 Å². The van der Waals surface area contributed by atoms with E-state index in [0.717, 1.165) is 29.4 Å². The summed E-state index contributed by atoms with van der Waals surface area (Å²) in [5.74, 6) is 0.901. The minimum atomic E-state index is -0.877. The largest absolute Gasteiger partial charge is 0.482 e. The molecule has 2 aromatic rings. The highest BCUT2D eigenvalue weighted by molar-refractivity contribution is 5.88. The summed E-state index contributed by atoms with van der Waals surface area (Å²) in [4.78, 5) is 24.8. The SMILES string of the molecule is C/C=C(\C)C(=O)O[C@]1(C)CCC[C@@H](C2=CCNC(N)=C2)[C@]12Cc1cc3ccc(=O)oc3cc1O2. The molecule has 0 amide bonds. The Kier molecular flexibility index (Phi) is 5.30. The van der Waals surface area contributed by atoms with E-state index < -0.39 is 16.8 Å². The second-order valence-corrected chi connectivity index (χ2v) is 9.64. The standard InChI is InChI=1S/C27H30N2O5/c1-4-16(2)25(31)34-26(3)10-5-6-20(17-9-11-29-23(28)13-17)27(26)15-19-12-18-7-8-24(30)32-21(18)14-22(19)33-27/h4,7-9,12-14,20,29H,5-6,10-11,15,28H2,1-3H3/b16-4+/t20-,26+,27+/m0/s1. The molecule has 0 unspecified atom stereocenters. The molecule has 1 aromatic heterocycles. The monoisotopic (exact) mass is 462 g/mol. The molecular weight excluding hydrogens is 432 g/mol. The summed E-state index contributed by atoms with van der Waals surface area (Å²) in [6, 6.07) is 6.97. The quantitative estimate of drug-likeness (QED) is 0.405. The van der Waals surface area contributed by atoms with Gasteiger partial charge in [-0.25, -0.2) is 9.59 Å². The van der Waals surface area contributed by atoms with Gasteiger partial charge in [0.2, 0.25) is 0 Å². The van der Waals surface area contributed by atoms with Crippen LogP contribution in [0.2, 0.25) is 0 Å². The number of ether oxygens (including phenoxy) is 2. The highest BCUT2D eigenvalue weighted by Gasteiger charge is 2.63. The number of fused-ring (bicyclic) bond motifs is 2. The lowest BCUT2D eigenvalue weighted by Crippen LogP contribution is -2.64. The maximum Gasteiger partial charge on any atom is 0.336 e. The van der Waals surface area contributed by atoms with Gasteiger partial charge in [-0.2, -0.15) is 0 Å². The van der Waals surface area contributed by atoms with Gasteiger partial charge < -0.3 is 24.9 Å². The van der Waals surface area contributed by atoms with E-state index in [4.69, 9.17) is 19.6 Å². The summed E-state index contributed by atoms with van der Waals surface area (Å²) in [5.41, 5.74) is 7.15. The van der Waals surface area contributed by atoms with Crippen molar-refractivity contribution in [3.05, 3.63) is 75.4 Å². The minimum absolute atomic E-state index is 0.0341. The van der Waals surface area contributed by atoms with Crippen LogP contribution in [0.5, 0.6) is 5.75 Å². The topological polar surface area (TPSA) is 104 Å². The van der Waals surface area contributed by atoms with Crippen molar-refractivity contribution in [2.24, 2.45) is 11.7 Å². The van der Waals surface area contributed by atoms with Crippen LogP contribution in [0.25, 0.3) is 11.0 Å². The zero-order chi connectivity index (χ0) is 24.1. The summed E-state index contributed by atoms with van der Waals surface area (Å²) in [5, 5.41) is 3.97. The Morgan fingerprint density at radius 2 is 2.15 bits per heavy atom. The van der Waals surface area contributed by atoms with Crippen LogP contribution in [0.4, 0.5) is 0 Å². The third-order valence-corrected chi connectivity index (χ3v) is 7.59. The molecule has 5 rings (SSSR count). The Bertz CT molecular complexity index is 1320. The van der Waals surface area contributed by atoms with Crippen molar-refractivity contribution in [2.45, 2.75) is 57.7 Å². The van der Waals surface area contributed by atoms with E-state index in [1.165, 1.54) is 6.07 Å². The summed E-state index contributed by atoms with van der Waals surface area (Å²) in [6.45, 7) is 6.21. The van der Waals surface area contributed by atoms with Gasteiger partial charge in [-0.1, -0.05) is 12.2 Å². The predicted octanol–water partition coefficient (Wildman–Crippen LogP) is 3.86. The fraction of sp³-hybridized carbons (Fsp3) is 0.407. The maximum absolute atomic E-state index is 13.0. The number of nitrogens with one attached hydrogen (secondary N) is 1. The van der Waals surface area contributed by atoms with Gasteiger partial charge in [-0.05, 0) is 69.4 Å². The fourth-order valence-corrected chi connectivity index (χ4v) is 5.63. The second-order valence-electron chi connectivity index (χ2n) is 9.64. The Hall–Kier alpha value is -3.48. The fourth-order valence-electron chi connectivity index (χ4n) is 5.63. The van der Waals surface area contributed by atoms with E-state index in [0.29, 0.717) is 42.1 Å². The second kappa shape index (κ2) is 8.08. The molecule has 7 nitrogen and oxygen atoms in total. The first kappa shape index (κ1) is 22.3. The zero-order valence-corrected chi connectivity index (χ0v) is 19.8. The number of hydrogen-bond donors (Lipinski definition) is 2. The molecule has 1 aliphatic carbocycles. The average molecular weight is 463 g/mol. The number of esters is 1. The summed E-state index contributed by atoms with van der Waals surface area (Å²) in [7, 11) is 0. The number of benzene rings is 1. The molecule has 1 spiro atoms. The Morgan fingerprint density at radius 3 is 2.91 bits per heavy atom. The number of carbonyl (C=O) groups excluding carboxylic acids is 1. The van der Waals surface area contributed by atoms with Gasteiger partial charge in [-0.3, -0.25) is 0 Å². The number of hydrogen-bond acceptors (Lipinski definition) is 7. The van der Waals surface area contributed by atoms with Crippen molar-refractivity contribution in [2.75, 3.05) is 6.54 Å². The van der Waals surface area contributed by atoms with Gasteiger partial charge in [0.05, 0.1) is 5.82 Å². The van der Waals surface area contributed by atoms with Crippen molar-refractivity contribution >= 4 is 16.9 Å². The molecule has 2 aliphatic heterocycles. The molecule has 178 valence electrons. The highest BCUT2D eigenvalue weighted by Crippen LogP contribution is 2.55. The molecule has 1 aromatic carbocycles. The molecular formula is C27H30N2O5. The minimum Gasteiger partial charge on any atom is -0.482 e. The van der Waals surface area contributed by atoms with Crippen molar-refractivity contribution < 1.29 is 18.7 Å². The Balaban J connectivity index is 1.64. The summed E-state index contributed by atoms with van der Waals surface area (Å²) >= 11 is 0. The van der Waals surface area contributed by atoms with Gasteiger partial charge in [0.15, 0.2) is 5.60 Å². The van der Waals surface area contributed by atoms with Gasteiger partial charge in [-0.15, -0.1) is 0 Å². The van der Waals surface area contributed by atoms with E-state index in [2.05, 4.69) is 11.4 Å². The zero-order valence-electron chi connectivity index (χ0n) is 19.8. The first-order valence-electron chi connectivity index (χ1n) is 11.8. The van der Waals surface area contributed by atoms with E-state index in [1.54, 1.807) is 25.1 Å². The van der Waals surface area contributed by atoms with Crippen LogP contribution in [-0.4, -0.2) is 23.7 Å². The number of dihydropyridines is 1. The number of nitrogens with two attached hydrogens (primary N) is 1. The molecule has 3 atom stereocenters. The van der Waals surface area contributed by atoms with Gasteiger partial charge in [0, 0.05) is 42.0 Å². The molecule has 1 saturated carbocycles. The normalized spacial score (nSPS) is 28.6. The first-order chi connectivity index (χ1) is 16.2. The summed E-state index contributed by atoms with van der Waals surface area (Å²) in [6.07, 6.45) is 8.88. The molecule has 3 N–H and O–H groups in total. The molecule has 0 radical (unpaired) electrons. The van der Waals surface area contributed by atoms with Crippen molar-refractivity contribution in [1.82, 2.24) is 5.32 Å². The number of rotatable bonds is 3. The average Bonchev–Trinajstić information content (AvgIpc) is 3.18. The van der Waals surface area contributed by atoms with Crippen LogP contribution in [0, 0.1) is 5.92 Å². The summed E-state index contributed by atoms with van der Waals surface area (Å²) < 4.78 is 18.5. The lowest BCUT2D eigenvalue weighted by Gasteiger charge is -2.53. The van der Waals surface area contributed by atoms with Crippen LogP contribution in [0.15, 0.2) is 68.7 Å². The van der Waals surface area contributed by atoms with Crippen molar-refractivity contribution in [3.63, 3.8) is 0 Å². The number of carbonyl (C=O) groups is 1. The first-order valence-corrected chi connectivity index (χ1v) is 11.8. The predicted molar refractivity (Wildman–Crippen MR) is 129 cm³/mol. The lowest BCUT2D eigenvalue weighted by atomic mass is 9.61. The van der Waals surface area contributed by atoms with Gasteiger partial charge in [0.1, 0.15) is 16.9 Å². The molecule has 0 saturated heterocycles. The van der Waals surface area contributed by atoms with Crippen LogP contribution in [-0.2, 0) is 16.0 Å². The smallest absolute Gasteiger partial charge is 0.336 e. The van der Waals surface area contributed by atoms with Crippen molar-refractivity contribution in [3.8, 4) is 5.75 Å². The maximum atomic E-state index is 13.0. The molecule has 0 bridgehead atoms. The molecule has 3 aliphatic rings. The molecule has 1 fully saturated rings. The third kappa shape index (κ3) is 3.50. The molecule has 3 heterocycles. The highest BCUT2D eigenvalue weighted by atomic mass is 16.6. The third-order valence-electron chi connectivity index (χ3n) is 7.59. The van der Waals surface area contributed by atoms with Crippen LogP contribution in [0.1, 0.15) is 45.6 Å². The molecule has 7 heteroatoms. The van der Waals surface area contributed by atoms with Crippen LogP contribution in [0.3, 0.4) is 0 Å². The van der Waals surface area contributed by atoms with Crippen molar-refractivity contribution in [1.29, 1.82) is 0 Å². The number of allylic oxidation sites excluding steroid dienone is 2.